The van der Waals surface area contributed by atoms with Gasteiger partial charge in [-0.2, -0.15) is 13.2 Å². The van der Waals surface area contributed by atoms with Crippen LogP contribution in [0.4, 0.5) is 13.2 Å². The average Bonchev–Trinajstić information content (AvgIpc) is 3.34. The van der Waals surface area contributed by atoms with Crippen molar-refractivity contribution in [2.75, 3.05) is 39.3 Å². The van der Waals surface area contributed by atoms with E-state index in [4.69, 9.17) is 0 Å². The maximum absolute atomic E-state index is 13.2. The molecule has 6 heterocycles. The molecule has 6 aromatic carbocycles. The lowest BCUT2D eigenvalue weighted by Gasteiger charge is -2.60. The van der Waals surface area contributed by atoms with E-state index in [1.807, 2.05) is 78.9 Å². The Bertz CT molecular complexity index is 2350. The minimum absolute atomic E-state index is 0. The highest BCUT2D eigenvalue weighted by Crippen LogP contribution is 2.59. The Morgan fingerprint density at radius 3 is 1.05 bits per heavy atom. The summed E-state index contributed by atoms with van der Waals surface area (Å²) in [7, 11) is 0. The van der Waals surface area contributed by atoms with Crippen molar-refractivity contribution >= 4 is 15.9 Å². The number of hydrogen-bond donors (Lipinski definition) is 2. The summed E-state index contributed by atoms with van der Waals surface area (Å²) in [4.78, 5) is 0. The second-order valence-corrected chi connectivity index (χ2v) is 20.0. The highest BCUT2D eigenvalue weighted by atomic mass is 79.9. The summed E-state index contributed by atoms with van der Waals surface area (Å²) in [5.74, 6) is 0. The molecule has 0 amide bonds. The number of aliphatic hydroxyl groups is 2. The first-order valence-electron chi connectivity index (χ1n) is 22.6. The summed E-state index contributed by atoms with van der Waals surface area (Å²) in [6.07, 6.45) is 1.37. The average molecular weight is 1080 g/mol. The molecule has 4 bridgehead atoms. The Balaban J connectivity index is 0.000000189. The van der Waals surface area contributed by atoms with E-state index in [0.29, 0.717) is 6.54 Å². The molecule has 0 saturated carbocycles. The van der Waals surface area contributed by atoms with Gasteiger partial charge in [0, 0.05) is 65.0 Å². The summed E-state index contributed by atoms with van der Waals surface area (Å²) in [5, 5.41) is 24.9. The number of quaternary nitrogens is 2. The van der Waals surface area contributed by atoms with Crippen LogP contribution in [0.1, 0.15) is 77.5 Å². The number of piperidine rings is 6. The van der Waals surface area contributed by atoms with Crippen molar-refractivity contribution in [1.29, 1.82) is 0 Å². The fourth-order valence-corrected chi connectivity index (χ4v) is 12.4. The Morgan fingerprint density at radius 2 is 0.723 bits per heavy atom. The molecule has 10 heteroatoms. The van der Waals surface area contributed by atoms with Gasteiger partial charge in [-0.25, -0.2) is 0 Å². The Morgan fingerprint density at radius 1 is 0.415 bits per heavy atom. The number of nitrogens with zero attached hydrogens (tertiary/aromatic N) is 2. The molecule has 0 aromatic heterocycles. The molecule has 6 aliphatic rings. The van der Waals surface area contributed by atoms with Crippen molar-refractivity contribution in [3.05, 3.63) is 213 Å². The third kappa shape index (κ3) is 9.35. The van der Waals surface area contributed by atoms with Gasteiger partial charge in [0.25, 0.3) is 0 Å². The summed E-state index contributed by atoms with van der Waals surface area (Å²) in [6.45, 7) is 7.69. The number of benzene rings is 6. The zero-order valence-electron chi connectivity index (χ0n) is 36.6. The second kappa shape index (κ2) is 19.5. The zero-order valence-corrected chi connectivity index (χ0v) is 41.4. The van der Waals surface area contributed by atoms with Crippen LogP contribution >= 0.6 is 15.9 Å². The second-order valence-electron chi connectivity index (χ2n) is 19.1. The number of fused-ring (bicyclic) bond motifs is 6. The van der Waals surface area contributed by atoms with Crippen LogP contribution < -0.4 is 34.0 Å². The Kier molecular flexibility index (Phi) is 14.8. The van der Waals surface area contributed by atoms with Crippen molar-refractivity contribution in [3.8, 4) is 0 Å². The molecule has 0 atom stereocenters. The van der Waals surface area contributed by atoms with Crippen molar-refractivity contribution in [2.45, 2.75) is 69.0 Å². The standard InChI is InChI=1S/C28H29F3NO.C27H29BrNO.2BrH/c29-28(30,31)25-13-7-8-22(20-25)21-32-17-14-26(15-18-32,16-19-32)27(33,23-9-3-1-4-10-23)24-11-5-2-6-12-24;28-25-13-11-22(12-14-25)21-29-18-15-26(16-19-29,17-20-29)27(30,23-7-3-1-4-8-23)24-9-5-2-6-10-24;;/h1-13,20,33H,14-19,21H2;1-14,30H,15-21H2;2*1H/q2*+1;;/p-2. The monoisotopic (exact) mass is 1070 g/mol. The van der Waals surface area contributed by atoms with Gasteiger partial charge in [0.2, 0.25) is 0 Å². The van der Waals surface area contributed by atoms with Crippen LogP contribution in [0.3, 0.4) is 0 Å². The Labute approximate surface area is 412 Å². The van der Waals surface area contributed by atoms with Gasteiger partial charge in [-0.15, -0.1) is 0 Å². The van der Waals surface area contributed by atoms with Crippen LogP contribution in [0, 0.1) is 10.8 Å². The topological polar surface area (TPSA) is 40.5 Å². The number of hydrogen-bond acceptors (Lipinski definition) is 2. The highest BCUT2D eigenvalue weighted by molar-refractivity contribution is 9.10. The van der Waals surface area contributed by atoms with Crippen LogP contribution in [0.5, 0.6) is 0 Å². The van der Waals surface area contributed by atoms with Gasteiger partial charge in [-0.1, -0.05) is 162 Å². The molecule has 0 aliphatic carbocycles. The lowest BCUT2D eigenvalue weighted by atomic mass is 9.56. The molecule has 2 N–H and O–H groups in total. The molecule has 6 fully saturated rings. The van der Waals surface area contributed by atoms with E-state index in [-0.39, 0.29) is 44.8 Å². The quantitative estimate of drug-likeness (QED) is 0.165. The normalized spacial score (nSPS) is 24.8. The van der Waals surface area contributed by atoms with E-state index in [2.05, 4.69) is 88.7 Å². The lowest BCUT2D eigenvalue weighted by molar-refractivity contribution is -0.958. The summed E-state index contributed by atoms with van der Waals surface area (Å²) >= 11 is 3.55. The fourth-order valence-electron chi connectivity index (χ4n) is 12.2. The van der Waals surface area contributed by atoms with Gasteiger partial charge in [0.15, 0.2) is 0 Å². The van der Waals surface area contributed by atoms with Gasteiger partial charge in [-0.05, 0) is 46.5 Å². The van der Waals surface area contributed by atoms with E-state index in [1.165, 1.54) is 17.7 Å². The molecule has 12 rings (SSSR count). The first-order chi connectivity index (χ1) is 30.3. The van der Waals surface area contributed by atoms with Crippen molar-refractivity contribution in [3.63, 3.8) is 0 Å². The molecule has 65 heavy (non-hydrogen) atoms. The number of halogens is 6. The summed E-state index contributed by atoms with van der Waals surface area (Å²) in [5.41, 5.74) is 3.03. The first-order valence-corrected chi connectivity index (χ1v) is 23.4. The Hall–Kier alpha value is -3.61. The minimum atomic E-state index is -4.32. The summed E-state index contributed by atoms with van der Waals surface area (Å²) < 4.78 is 42.7. The molecular weight excluding hydrogens is 1020 g/mol. The number of rotatable bonds is 10. The molecule has 6 saturated heterocycles. The van der Waals surface area contributed by atoms with Crippen LogP contribution in [0.25, 0.3) is 0 Å². The SMILES string of the molecule is OC(c1ccccc1)(c1ccccc1)C12CC[N+](Cc3ccc(Br)cc3)(CC1)CC2.OC(c1ccccc1)(c1ccccc1)C12CC[N+](Cc3cccc(C(F)(F)F)c3)(CC1)CC2.[Br-].[Br-]. The van der Waals surface area contributed by atoms with Gasteiger partial charge >= 0.3 is 6.18 Å². The van der Waals surface area contributed by atoms with Crippen LogP contribution in [0.2, 0.25) is 0 Å². The summed E-state index contributed by atoms with van der Waals surface area (Å²) in [6, 6.07) is 55.1. The molecule has 6 aliphatic heterocycles. The molecule has 0 spiro atoms. The van der Waals surface area contributed by atoms with E-state index in [0.717, 1.165) is 132 Å². The zero-order chi connectivity index (χ0) is 43.8. The van der Waals surface area contributed by atoms with E-state index < -0.39 is 22.9 Å². The van der Waals surface area contributed by atoms with Crippen molar-refractivity contribution in [1.82, 2.24) is 0 Å². The van der Waals surface area contributed by atoms with Gasteiger partial charge in [0.1, 0.15) is 24.3 Å². The van der Waals surface area contributed by atoms with Crippen LogP contribution in [0.15, 0.2) is 174 Å². The lowest BCUT2D eigenvalue weighted by Crippen LogP contribution is -3.00. The van der Waals surface area contributed by atoms with E-state index in [1.54, 1.807) is 0 Å². The fraction of sp³-hybridized carbons (Fsp3) is 0.345. The molecule has 0 unspecified atom stereocenters. The largest absolute Gasteiger partial charge is 1.00 e. The molecule has 0 radical (unpaired) electrons. The van der Waals surface area contributed by atoms with Crippen LogP contribution in [-0.4, -0.2) is 58.4 Å². The third-order valence-corrected chi connectivity index (χ3v) is 16.4. The predicted molar refractivity (Wildman–Crippen MR) is 247 cm³/mol. The number of alkyl halides is 3. The van der Waals surface area contributed by atoms with Crippen molar-refractivity contribution in [2.24, 2.45) is 10.8 Å². The maximum Gasteiger partial charge on any atom is 0.416 e. The smallest absolute Gasteiger partial charge is 0.416 e. The van der Waals surface area contributed by atoms with Gasteiger partial charge in [-0.3, -0.25) is 0 Å². The minimum Gasteiger partial charge on any atom is -1.00 e. The van der Waals surface area contributed by atoms with Gasteiger partial charge < -0.3 is 53.1 Å². The molecule has 342 valence electrons. The third-order valence-electron chi connectivity index (χ3n) is 15.9. The van der Waals surface area contributed by atoms with Gasteiger partial charge in [0.05, 0.1) is 44.8 Å². The molecule has 4 nitrogen and oxygen atoms in total. The van der Waals surface area contributed by atoms with Crippen molar-refractivity contribution < 1.29 is 66.3 Å². The highest BCUT2D eigenvalue weighted by Gasteiger charge is 2.61. The molecule has 6 aromatic rings. The molecular formula is C55H58Br3F3N2O2. The van der Waals surface area contributed by atoms with Crippen LogP contribution in [-0.2, 0) is 30.5 Å². The first kappa shape index (κ1) is 49.3. The van der Waals surface area contributed by atoms with E-state index >= 15 is 0 Å². The predicted octanol–water partition coefficient (Wildman–Crippen LogP) is 6.04. The maximum atomic E-state index is 13.2. The van der Waals surface area contributed by atoms with E-state index in [9.17, 15) is 23.4 Å².